The zero-order valence-electron chi connectivity index (χ0n) is 8.89. The third-order valence-corrected chi connectivity index (χ3v) is 3.83. The molecule has 1 aliphatic carbocycles. The summed E-state index contributed by atoms with van der Waals surface area (Å²) >= 11 is 0. The van der Waals surface area contributed by atoms with Crippen molar-refractivity contribution >= 4 is 0 Å². The Morgan fingerprint density at radius 1 is 1.38 bits per heavy atom. The number of likely N-dealkylation sites (tertiary alicyclic amines) is 1. The number of rotatable bonds is 2. The molecule has 2 fully saturated rings. The van der Waals surface area contributed by atoms with Crippen LogP contribution in [0.4, 0.5) is 4.39 Å². The van der Waals surface area contributed by atoms with E-state index in [1.807, 2.05) is 0 Å². The Morgan fingerprint density at radius 2 is 2.00 bits per heavy atom. The molecular formula is C11H20FN. The maximum Gasteiger partial charge on any atom is 0.115 e. The Balaban J connectivity index is 1.98. The van der Waals surface area contributed by atoms with Crippen LogP contribution in [0.5, 0.6) is 0 Å². The third kappa shape index (κ3) is 1.61. The molecule has 1 unspecified atom stereocenters. The molecule has 1 nitrogen and oxygen atoms in total. The van der Waals surface area contributed by atoms with Crippen LogP contribution in [0.25, 0.3) is 0 Å². The van der Waals surface area contributed by atoms with Crippen LogP contribution in [0.2, 0.25) is 0 Å². The quantitative estimate of drug-likeness (QED) is 0.639. The Hall–Kier alpha value is -0.110. The highest BCUT2D eigenvalue weighted by Crippen LogP contribution is 2.51. The zero-order chi connectivity index (χ0) is 9.64. The summed E-state index contributed by atoms with van der Waals surface area (Å²) in [7, 11) is 2.14. The topological polar surface area (TPSA) is 3.24 Å². The molecule has 0 spiro atoms. The average molecular weight is 185 g/mol. The van der Waals surface area contributed by atoms with Crippen molar-refractivity contribution in [2.24, 2.45) is 11.8 Å². The molecule has 1 heterocycles. The molecule has 0 amide bonds. The third-order valence-electron chi connectivity index (χ3n) is 3.83. The van der Waals surface area contributed by atoms with Gasteiger partial charge >= 0.3 is 0 Å². The van der Waals surface area contributed by atoms with Gasteiger partial charge in [0.1, 0.15) is 5.67 Å². The van der Waals surface area contributed by atoms with Gasteiger partial charge in [0, 0.05) is 18.5 Å². The number of nitrogens with zero attached hydrogens (tertiary/aromatic N) is 1. The van der Waals surface area contributed by atoms with Gasteiger partial charge in [-0.25, -0.2) is 4.39 Å². The molecule has 1 saturated heterocycles. The summed E-state index contributed by atoms with van der Waals surface area (Å²) in [6.45, 7) is 5.45. The maximum absolute atomic E-state index is 13.8. The molecule has 0 radical (unpaired) electrons. The molecule has 0 N–H and O–H groups in total. The second-order valence-electron chi connectivity index (χ2n) is 5.22. The van der Waals surface area contributed by atoms with Gasteiger partial charge in [0.15, 0.2) is 0 Å². The number of alkyl halides is 1. The van der Waals surface area contributed by atoms with Gasteiger partial charge in [-0.3, -0.25) is 0 Å². The van der Waals surface area contributed by atoms with Gasteiger partial charge in [-0.1, -0.05) is 13.8 Å². The van der Waals surface area contributed by atoms with E-state index in [1.165, 1.54) is 0 Å². The Labute approximate surface area is 80.3 Å². The Bertz CT molecular complexity index is 198. The summed E-state index contributed by atoms with van der Waals surface area (Å²) in [4.78, 5) is 2.34. The highest BCUT2D eigenvalue weighted by molar-refractivity contribution is 5.05. The highest BCUT2D eigenvalue weighted by atomic mass is 19.1. The summed E-state index contributed by atoms with van der Waals surface area (Å²) < 4.78 is 13.8. The molecule has 2 atom stereocenters. The van der Waals surface area contributed by atoms with Gasteiger partial charge in [-0.15, -0.1) is 0 Å². The fourth-order valence-corrected chi connectivity index (χ4v) is 2.71. The van der Waals surface area contributed by atoms with Crippen LogP contribution in [0.3, 0.4) is 0 Å². The van der Waals surface area contributed by atoms with Gasteiger partial charge in [0.05, 0.1) is 0 Å². The SMILES string of the molecule is CC(C)C1C[C@@H](C2(F)CC2)CN1C. The van der Waals surface area contributed by atoms with Crippen molar-refractivity contribution in [1.29, 1.82) is 0 Å². The van der Waals surface area contributed by atoms with Crippen molar-refractivity contribution in [2.75, 3.05) is 13.6 Å². The smallest absolute Gasteiger partial charge is 0.115 e. The van der Waals surface area contributed by atoms with E-state index in [4.69, 9.17) is 0 Å². The van der Waals surface area contributed by atoms with Crippen molar-refractivity contribution in [3.8, 4) is 0 Å². The first-order chi connectivity index (χ1) is 6.03. The predicted octanol–water partition coefficient (Wildman–Crippen LogP) is 2.46. The van der Waals surface area contributed by atoms with E-state index in [0.717, 1.165) is 25.8 Å². The van der Waals surface area contributed by atoms with Crippen molar-refractivity contribution in [3.63, 3.8) is 0 Å². The Kier molecular flexibility index (Phi) is 2.14. The largest absolute Gasteiger partial charge is 0.303 e. The predicted molar refractivity (Wildman–Crippen MR) is 52.4 cm³/mol. The van der Waals surface area contributed by atoms with Gasteiger partial charge < -0.3 is 4.90 Å². The van der Waals surface area contributed by atoms with Gasteiger partial charge in [0.25, 0.3) is 0 Å². The van der Waals surface area contributed by atoms with Crippen molar-refractivity contribution in [1.82, 2.24) is 4.90 Å². The second kappa shape index (κ2) is 2.94. The van der Waals surface area contributed by atoms with E-state index < -0.39 is 5.67 Å². The summed E-state index contributed by atoms with van der Waals surface area (Å²) in [5.74, 6) is 0.988. The lowest BCUT2D eigenvalue weighted by molar-refractivity contribution is 0.203. The zero-order valence-corrected chi connectivity index (χ0v) is 8.89. The average Bonchev–Trinajstić information content (AvgIpc) is 2.63. The van der Waals surface area contributed by atoms with Crippen molar-refractivity contribution in [2.45, 2.75) is 44.8 Å². The van der Waals surface area contributed by atoms with Crippen LogP contribution < -0.4 is 0 Å². The molecule has 0 aromatic carbocycles. The summed E-state index contributed by atoms with van der Waals surface area (Å²) in [6.07, 6.45) is 2.71. The molecule has 0 aromatic rings. The Morgan fingerprint density at radius 3 is 2.38 bits per heavy atom. The molecule has 2 aliphatic rings. The highest BCUT2D eigenvalue weighted by Gasteiger charge is 2.53. The van der Waals surface area contributed by atoms with Crippen LogP contribution in [0, 0.1) is 11.8 Å². The molecule has 2 heteroatoms. The molecule has 2 rings (SSSR count). The summed E-state index contributed by atoms with van der Waals surface area (Å²) in [5, 5.41) is 0. The van der Waals surface area contributed by atoms with E-state index in [-0.39, 0.29) is 0 Å². The van der Waals surface area contributed by atoms with E-state index in [0.29, 0.717) is 17.9 Å². The number of hydrogen-bond donors (Lipinski definition) is 0. The summed E-state index contributed by atoms with van der Waals surface area (Å²) in [5.41, 5.74) is -0.766. The fourth-order valence-electron chi connectivity index (χ4n) is 2.71. The monoisotopic (exact) mass is 185 g/mol. The summed E-state index contributed by atoms with van der Waals surface area (Å²) in [6, 6.07) is 0.609. The number of halogens is 1. The molecule has 76 valence electrons. The molecule has 1 saturated carbocycles. The lowest BCUT2D eigenvalue weighted by Gasteiger charge is -2.22. The van der Waals surface area contributed by atoms with Crippen LogP contribution in [0.1, 0.15) is 33.1 Å². The second-order valence-corrected chi connectivity index (χ2v) is 5.22. The first-order valence-corrected chi connectivity index (χ1v) is 5.42. The molecule has 0 aromatic heterocycles. The minimum Gasteiger partial charge on any atom is -0.303 e. The fraction of sp³-hybridized carbons (Fsp3) is 1.00. The van der Waals surface area contributed by atoms with E-state index >= 15 is 0 Å². The molecule has 1 aliphatic heterocycles. The lowest BCUT2D eigenvalue weighted by atomic mass is 9.93. The normalized spacial score (nSPS) is 38.5. The van der Waals surface area contributed by atoms with Gasteiger partial charge in [-0.05, 0) is 32.2 Å². The van der Waals surface area contributed by atoms with Crippen LogP contribution >= 0.6 is 0 Å². The number of hydrogen-bond acceptors (Lipinski definition) is 1. The maximum atomic E-state index is 13.8. The minimum atomic E-state index is -0.766. The first kappa shape index (κ1) is 9.45. The molecule has 13 heavy (non-hydrogen) atoms. The van der Waals surface area contributed by atoms with E-state index in [2.05, 4.69) is 25.8 Å². The van der Waals surface area contributed by atoms with E-state index in [9.17, 15) is 4.39 Å². The minimum absolute atomic E-state index is 0.324. The standard InChI is InChI=1S/C11H20FN/c1-8(2)10-6-9(7-13(10)3)11(12)4-5-11/h8-10H,4-7H2,1-3H3/t9-,10?/m1/s1. The first-order valence-electron chi connectivity index (χ1n) is 5.42. The van der Waals surface area contributed by atoms with Gasteiger partial charge in [-0.2, -0.15) is 0 Å². The van der Waals surface area contributed by atoms with E-state index in [1.54, 1.807) is 0 Å². The van der Waals surface area contributed by atoms with Crippen molar-refractivity contribution in [3.05, 3.63) is 0 Å². The van der Waals surface area contributed by atoms with Crippen LogP contribution in [0.15, 0.2) is 0 Å². The van der Waals surface area contributed by atoms with Crippen LogP contribution in [-0.4, -0.2) is 30.2 Å². The van der Waals surface area contributed by atoms with Crippen molar-refractivity contribution < 1.29 is 4.39 Å². The lowest BCUT2D eigenvalue weighted by Crippen LogP contribution is -2.29. The molecule has 0 bridgehead atoms. The van der Waals surface area contributed by atoms with Crippen LogP contribution in [-0.2, 0) is 0 Å². The van der Waals surface area contributed by atoms with Gasteiger partial charge in [0.2, 0.25) is 0 Å². The molecular weight excluding hydrogens is 165 g/mol.